The molecule has 136 valence electrons. The summed E-state index contributed by atoms with van der Waals surface area (Å²) in [6.45, 7) is 1.54. The first-order valence-corrected chi connectivity index (χ1v) is 7.98. The van der Waals surface area contributed by atoms with E-state index in [0.717, 1.165) is 10.6 Å². The zero-order chi connectivity index (χ0) is 19.2. The average molecular weight is 380 g/mol. The van der Waals surface area contributed by atoms with Crippen molar-refractivity contribution in [2.24, 2.45) is 14.1 Å². The highest BCUT2D eigenvalue weighted by Crippen LogP contribution is 2.21. The number of carbonyl (C=O) groups is 1. The molecule has 1 atom stereocenters. The quantitative estimate of drug-likeness (QED) is 0.745. The van der Waals surface area contributed by atoms with Crippen molar-refractivity contribution in [2.75, 3.05) is 5.32 Å². The number of amides is 1. The Bertz CT molecular complexity index is 1150. The maximum absolute atomic E-state index is 13.9. The molecule has 1 aromatic carbocycles. The van der Waals surface area contributed by atoms with Crippen molar-refractivity contribution in [2.45, 2.75) is 13.0 Å². The molecule has 0 fully saturated rings. The maximum Gasteiger partial charge on any atom is 0.332 e. The van der Waals surface area contributed by atoms with Crippen LogP contribution in [0.4, 0.5) is 10.1 Å². The van der Waals surface area contributed by atoms with Crippen molar-refractivity contribution in [1.82, 2.24) is 18.7 Å². The summed E-state index contributed by atoms with van der Waals surface area (Å²) >= 11 is 5.69. The van der Waals surface area contributed by atoms with Crippen LogP contribution in [-0.2, 0) is 18.9 Å². The molecular formula is C16H15ClFN5O3. The number of hydrogen-bond donors (Lipinski definition) is 1. The first kappa shape index (κ1) is 17.9. The Morgan fingerprint density at radius 3 is 2.62 bits per heavy atom. The number of aryl methyl sites for hydroxylation is 1. The van der Waals surface area contributed by atoms with E-state index in [1.807, 2.05) is 0 Å². The summed E-state index contributed by atoms with van der Waals surface area (Å²) in [5, 5.41) is 2.66. The molecule has 8 nitrogen and oxygen atoms in total. The van der Waals surface area contributed by atoms with E-state index in [2.05, 4.69) is 10.3 Å². The summed E-state index contributed by atoms with van der Waals surface area (Å²) in [6, 6.07) is 3.00. The average Bonchev–Trinajstić information content (AvgIpc) is 3.04. The van der Waals surface area contributed by atoms with Gasteiger partial charge in [-0.25, -0.2) is 14.2 Å². The number of halogens is 2. The first-order valence-electron chi connectivity index (χ1n) is 7.61. The van der Waals surface area contributed by atoms with Crippen LogP contribution >= 0.6 is 11.6 Å². The van der Waals surface area contributed by atoms with Gasteiger partial charge in [0.15, 0.2) is 11.2 Å². The first-order chi connectivity index (χ1) is 12.2. The lowest BCUT2D eigenvalue weighted by molar-refractivity contribution is -0.118. The van der Waals surface area contributed by atoms with Crippen molar-refractivity contribution >= 4 is 34.4 Å². The molecule has 0 aliphatic heterocycles. The third kappa shape index (κ3) is 2.80. The Kier molecular flexibility index (Phi) is 4.41. The lowest BCUT2D eigenvalue weighted by atomic mass is 10.2. The molecule has 2 heterocycles. The van der Waals surface area contributed by atoms with Gasteiger partial charge in [0.1, 0.15) is 11.9 Å². The molecule has 0 saturated carbocycles. The summed E-state index contributed by atoms with van der Waals surface area (Å²) in [5.41, 5.74) is -0.855. The standard InChI is InChI=1S/C16H15ClFN5O3/c1-8(14(24)20-11-5-4-9(17)6-10(11)18)23-7-19-13-12(23)15(25)22(3)16(26)21(13)2/h4-8H,1-3H3,(H,20,24)/t8-/m0/s1. The van der Waals surface area contributed by atoms with Crippen LogP contribution < -0.4 is 16.6 Å². The van der Waals surface area contributed by atoms with Crippen molar-refractivity contribution in [3.8, 4) is 0 Å². The second-order valence-electron chi connectivity index (χ2n) is 5.82. The summed E-state index contributed by atoms with van der Waals surface area (Å²) in [7, 11) is 2.82. The van der Waals surface area contributed by atoms with Crippen LogP contribution in [0, 0.1) is 5.82 Å². The number of fused-ring (bicyclic) bond motifs is 1. The fourth-order valence-electron chi connectivity index (χ4n) is 2.61. The second-order valence-corrected chi connectivity index (χ2v) is 6.26. The van der Waals surface area contributed by atoms with Crippen LogP contribution in [0.25, 0.3) is 11.2 Å². The Morgan fingerprint density at radius 2 is 1.96 bits per heavy atom. The number of imidazole rings is 1. The highest BCUT2D eigenvalue weighted by Gasteiger charge is 2.22. The molecule has 0 saturated heterocycles. The number of carbonyl (C=O) groups excluding carboxylic acids is 1. The van der Waals surface area contributed by atoms with E-state index in [4.69, 9.17) is 11.6 Å². The predicted octanol–water partition coefficient (Wildman–Crippen LogP) is 1.43. The van der Waals surface area contributed by atoms with Gasteiger partial charge in [0.25, 0.3) is 5.56 Å². The molecule has 0 spiro atoms. The van der Waals surface area contributed by atoms with E-state index in [1.54, 1.807) is 0 Å². The van der Waals surface area contributed by atoms with Crippen LogP contribution in [-0.4, -0.2) is 24.6 Å². The summed E-state index contributed by atoms with van der Waals surface area (Å²) < 4.78 is 17.4. The highest BCUT2D eigenvalue weighted by molar-refractivity contribution is 6.30. The molecular weight excluding hydrogens is 365 g/mol. The van der Waals surface area contributed by atoms with Gasteiger partial charge in [0, 0.05) is 19.1 Å². The monoisotopic (exact) mass is 379 g/mol. The van der Waals surface area contributed by atoms with E-state index in [9.17, 15) is 18.8 Å². The Morgan fingerprint density at radius 1 is 1.27 bits per heavy atom. The molecule has 0 radical (unpaired) electrons. The normalized spacial score (nSPS) is 12.3. The molecule has 26 heavy (non-hydrogen) atoms. The van der Waals surface area contributed by atoms with E-state index in [0.29, 0.717) is 0 Å². The van der Waals surface area contributed by atoms with Gasteiger partial charge in [0.2, 0.25) is 5.91 Å². The summed E-state index contributed by atoms with van der Waals surface area (Å²) in [5.74, 6) is -1.23. The summed E-state index contributed by atoms with van der Waals surface area (Å²) in [4.78, 5) is 41.0. The Labute approximate surface area is 151 Å². The third-order valence-corrected chi connectivity index (χ3v) is 4.39. The molecule has 0 aliphatic carbocycles. The molecule has 1 amide bonds. The van der Waals surface area contributed by atoms with Crippen molar-refractivity contribution in [3.05, 3.63) is 56.2 Å². The molecule has 10 heteroatoms. The van der Waals surface area contributed by atoms with Gasteiger partial charge >= 0.3 is 5.69 Å². The van der Waals surface area contributed by atoms with E-state index in [-0.39, 0.29) is 21.9 Å². The minimum atomic E-state index is -0.875. The largest absolute Gasteiger partial charge is 0.332 e. The molecule has 2 aromatic heterocycles. The third-order valence-electron chi connectivity index (χ3n) is 4.16. The van der Waals surface area contributed by atoms with Crippen LogP contribution in [0.2, 0.25) is 5.02 Å². The topological polar surface area (TPSA) is 90.9 Å². The zero-order valence-electron chi connectivity index (χ0n) is 14.2. The van der Waals surface area contributed by atoms with Gasteiger partial charge in [0.05, 0.1) is 12.0 Å². The predicted molar refractivity (Wildman–Crippen MR) is 95.0 cm³/mol. The lowest BCUT2D eigenvalue weighted by Crippen LogP contribution is -2.38. The number of aromatic nitrogens is 4. The molecule has 3 aromatic rings. The van der Waals surface area contributed by atoms with Gasteiger partial charge in [-0.3, -0.25) is 18.7 Å². The summed E-state index contributed by atoms with van der Waals surface area (Å²) in [6.07, 6.45) is 1.30. The second kappa shape index (κ2) is 6.41. The smallest absolute Gasteiger partial charge is 0.322 e. The van der Waals surface area contributed by atoms with E-state index < -0.39 is 29.0 Å². The highest BCUT2D eigenvalue weighted by atomic mass is 35.5. The SMILES string of the molecule is C[C@@H](C(=O)Nc1ccc(Cl)cc1F)n1cnc2c1c(=O)n(C)c(=O)n2C. The van der Waals surface area contributed by atoms with Crippen LogP contribution in [0.3, 0.4) is 0 Å². The minimum Gasteiger partial charge on any atom is -0.322 e. The van der Waals surface area contributed by atoms with Crippen LogP contribution in [0.1, 0.15) is 13.0 Å². The van der Waals surface area contributed by atoms with Crippen LogP contribution in [0.5, 0.6) is 0 Å². The number of hydrogen-bond acceptors (Lipinski definition) is 4. The molecule has 0 unspecified atom stereocenters. The van der Waals surface area contributed by atoms with Crippen LogP contribution in [0.15, 0.2) is 34.1 Å². The van der Waals surface area contributed by atoms with Crippen molar-refractivity contribution in [3.63, 3.8) is 0 Å². The number of nitrogens with one attached hydrogen (secondary N) is 1. The van der Waals surface area contributed by atoms with Crippen molar-refractivity contribution in [1.29, 1.82) is 0 Å². The van der Waals surface area contributed by atoms with E-state index in [1.165, 1.54) is 48.6 Å². The number of rotatable bonds is 3. The molecule has 0 aliphatic rings. The van der Waals surface area contributed by atoms with Crippen molar-refractivity contribution < 1.29 is 9.18 Å². The zero-order valence-corrected chi connectivity index (χ0v) is 14.9. The Balaban J connectivity index is 2.02. The fourth-order valence-corrected chi connectivity index (χ4v) is 2.77. The molecule has 1 N–H and O–H groups in total. The minimum absolute atomic E-state index is 0.0315. The van der Waals surface area contributed by atoms with Gasteiger partial charge in [-0.1, -0.05) is 11.6 Å². The number of benzene rings is 1. The van der Waals surface area contributed by atoms with Gasteiger partial charge in [-0.15, -0.1) is 0 Å². The van der Waals surface area contributed by atoms with E-state index >= 15 is 0 Å². The number of anilines is 1. The van der Waals surface area contributed by atoms with Gasteiger partial charge < -0.3 is 9.88 Å². The Hall–Kier alpha value is -2.94. The van der Waals surface area contributed by atoms with Gasteiger partial charge in [-0.05, 0) is 25.1 Å². The number of nitrogens with zero attached hydrogens (tertiary/aromatic N) is 4. The lowest BCUT2D eigenvalue weighted by Gasteiger charge is -2.15. The molecule has 0 bridgehead atoms. The van der Waals surface area contributed by atoms with Gasteiger partial charge in [-0.2, -0.15) is 0 Å². The molecule has 3 rings (SSSR count). The fraction of sp³-hybridized carbons (Fsp3) is 0.250. The maximum atomic E-state index is 13.9.